The number of carbonyl (C=O) groups is 5. The van der Waals surface area contributed by atoms with Crippen LogP contribution in [0.4, 0.5) is 0 Å². The zero-order valence-corrected chi connectivity index (χ0v) is 17.5. The van der Waals surface area contributed by atoms with Crippen molar-refractivity contribution in [3.8, 4) is 0 Å². The Morgan fingerprint density at radius 2 is 1.38 bits per heavy atom. The molecule has 29 heavy (non-hydrogen) atoms. The lowest BCUT2D eigenvalue weighted by Gasteiger charge is -2.26. The normalized spacial score (nSPS) is 15.2. The van der Waals surface area contributed by atoms with Crippen LogP contribution < -0.4 is 27.4 Å². The smallest absolute Gasteiger partial charge is 0.326 e. The topological polar surface area (TPSA) is 194 Å². The van der Waals surface area contributed by atoms with Crippen LogP contribution in [0.25, 0.3) is 0 Å². The van der Waals surface area contributed by atoms with Crippen LogP contribution in [0.3, 0.4) is 0 Å². The van der Waals surface area contributed by atoms with Crippen molar-refractivity contribution in [2.24, 2.45) is 23.3 Å². The molecular formula is C18H33N5O6. The molecule has 0 bridgehead atoms. The van der Waals surface area contributed by atoms with E-state index in [4.69, 9.17) is 16.6 Å². The Morgan fingerprint density at radius 3 is 1.79 bits per heavy atom. The molecule has 0 rings (SSSR count). The minimum Gasteiger partial charge on any atom is -0.480 e. The van der Waals surface area contributed by atoms with E-state index in [9.17, 15) is 24.0 Å². The maximum absolute atomic E-state index is 12.5. The molecule has 0 aliphatic carbocycles. The molecule has 0 radical (unpaired) electrons. The van der Waals surface area contributed by atoms with Crippen molar-refractivity contribution >= 4 is 29.6 Å². The summed E-state index contributed by atoms with van der Waals surface area (Å²) in [5.41, 5.74) is 10.8. The van der Waals surface area contributed by atoms with Crippen molar-refractivity contribution in [1.82, 2.24) is 16.0 Å². The second kappa shape index (κ2) is 12.0. The molecule has 0 fully saturated rings. The highest BCUT2D eigenvalue weighted by Gasteiger charge is 2.30. The molecule has 4 amide bonds. The van der Waals surface area contributed by atoms with E-state index in [2.05, 4.69) is 16.0 Å². The van der Waals surface area contributed by atoms with Crippen LogP contribution in [0, 0.1) is 11.8 Å². The van der Waals surface area contributed by atoms with Gasteiger partial charge in [-0.3, -0.25) is 19.2 Å². The molecule has 4 atom stereocenters. The summed E-state index contributed by atoms with van der Waals surface area (Å²) < 4.78 is 0. The Hall–Kier alpha value is -2.69. The van der Waals surface area contributed by atoms with Gasteiger partial charge in [0, 0.05) is 6.42 Å². The summed E-state index contributed by atoms with van der Waals surface area (Å²) in [6, 6.07) is -4.10. The summed E-state index contributed by atoms with van der Waals surface area (Å²) in [6.07, 6.45) is -0.385. The van der Waals surface area contributed by atoms with E-state index in [1.807, 2.05) is 0 Å². The molecule has 0 saturated heterocycles. The lowest BCUT2D eigenvalue weighted by atomic mass is 10.00. The van der Waals surface area contributed by atoms with Gasteiger partial charge in [-0.25, -0.2) is 4.79 Å². The molecule has 4 unspecified atom stereocenters. The summed E-state index contributed by atoms with van der Waals surface area (Å²) in [5, 5.41) is 16.4. The van der Waals surface area contributed by atoms with Gasteiger partial charge in [0.05, 0.1) is 6.04 Å². The number of hydrogen-bond donors (Lipinski definition) is 6. The first-order valence-corrected chi connectivity index (χ1v) is 9.45. The summed E-state index contributed by atoms with van der Waals surface area (Å²) in [6.45, 7) is 8.37. The van der Waals surface area contributed by atoms with Crippen molar-refractivity contribution in [2.45, 2.75) is 71.6 Å². The van der Waals surface area contributed by atoms with Crippen molar-refractivity contribution in [3.63, 3.8) is 0 Å². The van der Waals surface area contributed by atoms with E-state index in [0.717, 1.165) is 0 Å². The van der Waals surface area contributed by atoms with Crippen molar-refractivity contribution in [2.75, 3.05) is 0 Å². The number of amides is 4. The van der Waals surface area contributed by atoms with Gasteiger partial charge in [0.25, 0.3) is 0 Å². The molecule has 0 aromatic heterocycles. The fourth-order valence-corrected chi connectivity index (χ4v) is 2.30. The number of carboxylic acids is 1. The van der Waals surface area contributed by atoms with Gasteiger partial charge in [0.2, 0.25) is 23.6 Å². The van der Waals surface area contributed by atoms with E-state index >= 15 is 0 Å². The molecule has 0 aliphatic rings. The number of nitrogens with two attached hydrogens (primary N) is 2. The van der Waals surface area contributed by atoms with Gasteiger partial charge in [0.1, 0.15) is 18.1 Å². The van der Waals surface area contributed by atoms with Crippen molar-refractivity contribution in [1.29, 1.82) is 0 Å². The van der Waals surface area contributed by atoms with Crippen molar-refractivity contribution in [3.05, 3.63) is 0 Å². The number of primary amides is 1. The second-order valence-electron chi connectivity index (χ2n) is 7.63. The van der Waals surface area contributed by atoms with Gasteiger partial charge >= 0.3 is 5.97 Å². The van der Waals surface area contributed by atoms with Crippen molar-refractivity contribution < 1.29 is 29.1 Å². The predicted molar refractivity (Wildman–Crippen MR) is 105 cm³/mol. The minimum absolute atomic E-state index is 0.121. The summed E-state index contributed by atoms with van der Waals surface area (Å²) in [5.74, 6) is -4.25. The third-order valence-corrected chi connectivity index (χ3v) is 4.31. The lowest BCUT2D eigenvalue weighted by molar-refractivity contribution is -0.142. The van der Waals surface area contributed by atoms with Crippen LogP contribution >= 0.6 is 0 Å². The highest BCUT2D eigenvalue weighted by Crippen LogP contribution is 2.06. The molecule has 0 spiro atoms. The SMILES string of the molecule is CC(NC(=O)C(NC(=O)C(N)C(C)C)C(C)C)C(=O)NC(CCC(N)=O)C(=O)O. The molecule has 0 aliphatic heterocycles. The number of rotatable bonds is 12. The molecule has 8 N–H and O–H groups in total. The summed E-state index contributed by atoms with van der Waals surface area (Å²) in [7, 11) is 0. The standard InChI is InChI=1S/C18H33N5O6/c1-8(2)13(20)16(26)23-14(9(3)4)17(27)21-10(5)15(25)22-11(18(28)29)6-7-12(19)24/h8-11,13-14H,6-7,20H2,1-5H3,(H2,19,24)(H,21,27)(H,22,25)(H,23,26)(H,28,29). The molecule has 0 saturated carbocycles. The van der Waals surface area contributed by atoms with E-state index in [0.29, 0.717) is 0 Å². The van der Waals surface area contributed by atoms with Crippen LogP contribution in [-0.4, -0.2) is 58.9 Å². The number of nitrogens with one attached hydrogen (secondary N) is 3. The number of hydrogen-bond acceptors (Lipinski definition) is 6. The van der Waals surface area contributed by atoms with Crippen LogP contribution in [-0.2, 0) is 24.0 Å². The summed E-state index contributed by atoms with van der Waals surface area (Å²) in [4.78, 5) is 59.0. The second-order valence-corrected chi connectivity index (χ2v) is 7.63. The molecule has 0 heterocycles. The zero-order chi connectivity index (χ0) is 22.9. The molecular weight excluding hydrogens is 382 g/mol. The highest BCUT2D eigenvalue weighted by molar-refractivity contribution is 5.94. The molecule has 0 aromatic rings. The van der Waals surface area contributed by atoms with Gasteiger partial charge < -0.3 is 32.5 Å². The highest BCUT2D eigenvalue weighted by atomic mass is 16.4. The Labute approximate surface area is 170 Å². The van der Waals surface area contributed by atoms with Gasteiger partial charge in [-0.2, -0.15) is 0 Å². The Bertz CT molecular complexity index is 622. The third-order valence-electron chi connectivity index (χ3n) is 4.31. The number of carboxylic acid groups (broad SMARTS) is 1. The number of carbonyl (C=O) groups excluding carboxylic acids is 4. The molecule has 166 valence electrons. The van der Waals surface area contributed by atoms with Crippen LogP contribution in [0.2, 0.25) is 0 Å². The van der Waals surface area contributed by atoms with Crippen LogP contribution in [0.5, 0.6) is 0 Å². The number of aliphatic carboxylic acids is 1. The van der Waals surface area contributed by atoms with Crippen LogP contribution in [0.1, 0.15) is 47.5 Å². The fourth-order valence-electron chi connectivity index (χ4n) is 2.30. The Kier molecular flexibility index (Phi) is 10.9. The van der Waals surface area contributed by atoms with Gasteiger partial charge in [-0.15, -0.1) is 0 Å². The van der Waals surface area contributed by atoms with E-state index in [1.54, 1.807) is 27.7 Å². The Balaban J connectivity index is 4.99. The Morgan fingerprint density at radius 1 is 0.828 bits per heavy atom. The molecule has 11 nitrogen and oxygen atoms in total. The first kappa shape index (κ1) is 26.3. The third kappa shape index (κ3) is 9.37. The minimum atomic E-state index is -1.33. The van der Waals surface area contributed by atoms with Crippen LogP contribution in [0.15, 0.2) is 0 Å². The first-order valence-electron chi connectivity index (χ1n) is 9.45. The van der Waals surface area contributed by atoms with E-state index < -0.39 is 53.8 Å². The average Bonchev–Trinajstić information content (AvgIpc) is 2.60. The van der Waals surface area contributed by atoms with Gasteiger partial charge in [0.15, 0.2) is 0 Å². The van der Waals surface area contributed by atoms with E-state index in [1.165, 1.54) is 6.92 Å². The van der Waals surface area contributed by atoms with Gasteiger partial charge in [-0.05, 0) is 25.2 Å². The first-order chi connectivity index (χ1) is 13.3. The quantitative estimate of drug-likeness (QED) is 0.222. The average molecular weight is 415 g/mol. The molecule has 11 heteroatoms. The molecule has 0 aromatic carbocycles. The maximum Gasteiger partial charge on any atom is 0.326 e. The lowest BCUT2D eigenvalue weighted by Crippen LogP contribution is -2.58. The zero-order valence-electron chi connectivity index (χ0n) is 17.5. The monoisotopic (exact) mass is 415 g/mol. The van der Waals surface area contributed by atoms with Gasteiger partial charge in [-0.1, -0.05) is 27.7 Å². The summed E-state index contributed by atoms with van der Waals surface area (Å²) >= 11 is 0. The predicted octanol–water partition coefficient (Wildman–Crippen LogP) is -1.55. The fraction of sp³-hybridized carbons (Fsp3) is 0.722. The van der Waals surface area contributed by atoms with E-state index in [-0.39, 0.29) is 24.7 Å². The largest absolute Gasteiger partial charge is 0.480 e. The maximum atomic E-state index is 12.5.